The molecule has 0 aliphatic carbocycles. The Morgan fingerprint density at radius 3 is 2.86 bits per heavy atom. The van der Waals surface area contributed by atoms with E-state index in [-0.39, 0.29) is 16.0 Å². The molecule has 2 heterocycles. The number of hydrogen-bond donors (Lipinski definition) is 2. The molecule has 0 unspecified atom stereocenters. The number of H-pyrrole nitrogens is 1. The number of hydrogen-bond acceptors (Lipinski definition) is 4. The minimum Gasteiger partial charge on any atom is -0.330 e. The molecule has 3 rings (SSSR count). The summed E-state index contributed by atoms with van der Waals surface area (Å²) in [7, 11) is 0. The van der Waals surface area contributed by atoms with Crippen molar-refractivity contribution < 1.29 is 4.79 Å². The maximum atomic E-state index is 12.4. The van der Waals surface area contributed by atoms with E-state index < -0.39 is 5.91 Å². The average molecular weight is 315 g/mol. The lowest BCUT2D eigenvalue weighted by Crippen LogP contribution is -2.34. The first kappa shape index (κ1) is 14.2. The van der Waals surface area contributed by atoms with Gasteiger partial charge in [0.1, 0.15) is 0 Å². The van der Waals surface area contributed by atoms with Gasteiger partial charge in [0.25, 0.3) is 11.5 Å². The number of carbonyl (C=O) groups excluding carboxylic acids is 1. The van der Waals surface area contributed by atoms with Gasteiger partial charge in [-0.2, -0.15) is 9.77 Å². The molecule has 0 spiro atoms. The van der Waals surface area contributed by atoms with Crippen LogP contribution in [0.5, 0.6) is 0 Å². The van der Waals surface area contributed by atoms with Crippen LogP contribution in [0.1, 0.15) is 17.4 Å². The van der Waals surface area contributed by atoms with E-state index in [2.05, 4.69) is 15.5 Å². The first-order chi connectivity index (χ1) is 10.6. The Bertz CT molecular complexity index is 969. The fourth-order valence-electron chi connectivity index (χ4n) is 2.08. The second-order valence-electron chi connectivity index (χ2n) is 4.61. The van der Waals surface area contributed by atoms with Crippen LogP contribution in [-0.4, -0.2) is 25.3 Å². The molecule has 2 N–H and O–H groups in total. The maximum absolute atomic E-state index is 12.4. The van der Waals surface area contributed by atoms with Gasteiger partial charge >= 0.3 is 0 Å². The van der Waals surface area contributed by atoms with Crippen molar-refractivity contribution in [3.8, 4) is 0 Å². The van der Waals surface area contributed by atoms with E-state index in [1.54, 1.807) is 41.2 Å². The lowest BCUT2D eigenvalue weighted by Gasteiger charge is -2.08. The highest BCUT2D eigenvalue weighted by Crippen LogP contribution is 2.05. The molecule has 0 bridgehead atoms. The first-order valence-corrected chi connectivity index (χ1v) is 7.10. The molecular weight excluding hydrogens is 302 g/mol. The number of fused-ring (bicyclic) bond motifs is 1. The zero-order chi connectivity index (χ0) is 15.7. The average Bonchev–Trinajstić information content (AvgIpc) is 3.00. The minimum absolute atomic E-state index is 0.118. The normalized spacial score (nSPS) is 10.8. The van der Waals surface area contributed by atoms with Gasteiger partial charge in [-0.15, -0.1) is 0 Å². The van der Waals surface area contributed by atoms with Crippen molar-refractivity contribution in [2.24, 2.45) is 0 Å². The number of carbonyl (C=O) groups is 1. The van der Waals surface area contributed by atoms with Crippen molar-refractivity contribution in [2.45, 2.75) is 13.5 Å². The molecule has 7 nitrogen and oxygen atoms in total. The third kappa shape index (κ3) is 2.44. The topological polar surface area (TPSA) is 84.7 Å². The van der Waals surface area contributed by atoms with E-state index in [0.717, 1.165) is 4.68 Å². The zero-order valence-corrected chi connectivity index (χ0v) is 12.6. The third-order valence-electron chi connectivity index (χ3n) is 3.22. The van der Waals surface area contributed by atoms with E-state index in [1.165, 1.54) is 0 Å². The van der Waals surface area contributed by atoms with Crippen LogP contribution >= 0.6 is 12.2 Å². The van der Waals surface area contributed by atoms with E-state index in [9.17, 15) is 9.59 Å². The fourth-order valence-corrected chi connectivity index (χ4v) is 2.32. The fraction of sp³-hybridized carbons (Fsp3) is 0.143. The summed E-state index contributed by atoms with van der Waals surface area (Å²) >= 11 is 5.13. The molecule has 0 atom stereocenters. The second-order valence-corrected chi connectivity index (χ2v) is 5.00. The van der Waals surface area contributed by atoms with E-state index in [1.807, 2.05) is 6.92 Å². The smallest absolute Gasteiger partial charge is 0.290 e. The molecule has 0 radical (unpaired) electrons. The van der Waals surface area contributed by atoms with Crippen LogP contribution in [0.4, 0.5) is 0 Å². The van der Waals surface area contributed by atoms with Crippen molar-refractivity contribution in [3.63, 3.8) is 0 Å². The van der Waals surface area contributed by atoms with Crippen LogP contribution in [0.3, 0.4) is 0 Å². The molecule has 22 heavy (non-hydrogen) atoms. The highest BCUT2D eigenvalue weighted by Gasteiger charge is 2.12. The van der Waals surface area contributed by atoms with E-state index >= 15 is 0 Å². The number of aromatic amines is 1. The number of nitrogens with zero attached hydrogens (tertiary/aromatic N) is 3. The predicted octanol–water partition coefficient (Wildman–Crippen LogP) is 1.66. The van der Waals surface area contributed by atoms with Crippen LogP contribution in [0.25, 0.3) is 10.9 Å². The maximum Gasteiger partial charge on any atom is 0.290 e. The van der Waals surface area contributed by atoms with Gasteiger partial charge in [-0.1, -0.05) is 12.1 Å². The van der Waals surface area contributed by atoms with Gasteiger partial charge in [-0.3, -0.25) is 19.7 Å². The summed E-state index contributed by atoms with van der Waals surface area (Å²) in [4.78, 5) is 27.5. The summed E-state index contributed by atoms with van der Waals surface area (Å²) in [6, 6.07) is 8.54. The minimum atomic E-state index is -0.496. The summed E-state index contributed by atoms with van der Waals surface area (Å²) < 4.78 is 2.76. The van der Waals surface area contributed by atoms with Crippen LogP contribution in [0.2, 0.25) is 0 Å². The number of nitrogens with one attached hydrogen (secondary N) is 2. The van der Waals surface area contributed by atoms with Gasteiger partial charge in [0.05, 0.1) is 10.9 Å². The van der Waals surface area contributed by atoms with Gasteiger partial charge in [0.15, 0.2) is 10.5 Å². The molecule has 1 aromatic carbocycles. The van der Waals surface area contributed by atoms with Crippen LogP contribution in [0, 0.1) is 4.77 Å². The lowest BCUT2D eigenvalue weighted by atomic mass is 10.2. The Morgan fingerprint density at radius 1 is 1.36 bits per heavy atom. The number of benzene rings is 1. The largest absolute Gasteiger partial charge is 0.330 e. The van der Waals surface area contributed by atoms with Crippen molar-refractivity contribution >= 4 is 29.0 Å². The summed E-state index contributed by atoms with van der Waals surface area (Å²) in [6.45, 7) is 2.57. The number of aromatic nitrogens is 4. The standard InChI is InChI=1S/C14H13N5O2S/c1-2-18-8-7-11(16-18)12(20)17-19-13(21)9-5-3-4-6-10(9)15-14(19)22/h3-8H,2H2,1H3,(H,15,22)(H,17,20). The number of amides is 1. The summed E-state index contributed by atoms with van der Waals surface area (Å²) in [6.07, 6.45) is 1.69. The van der Waals surface area contributed by atoms with Gasteiger partial charge < -0.3 is 4.98 Å². The monoisotopic (exact) mass is 315 g/mol. The molecule has 0 saturated heterocycles. The SMILES string of the molecule is CCn1ccc(C(=O)Nn2c(=S)[nH]c3ccccc3c2=O)n1. The predicted molar refractivity (Wildman–Crippen MR) is 85.0 cm³/mol. The summed E-state index contributed by atoms with van der Waals surface area (Å²) in [5.74, 6) is -0.496. The second kappa shape index (κ2) is 5.57. The molecule has 3 aromatic rings. The summed E-state index contributed by atoms with van der Waals surface area (Å²) in [5.41, 5.74) is 2.93. The van der Waals surface area contributed by atoms with Crippen LogP contribution in [-0.2, 0) is 6.54 Å². The highest BCUT2D eigenvalue weighted by molar-refractivity contribution is 7.71. The molecule has 8 heteroatoms. The lowest BCUT2D eigenvalue weighted by molar-refractivity contribution is 0.100. The number of para-hydroxylation sites is 1. The quantitative estimate of drug-likeness (QED) is 0.720. The molecular formula is C14H13N5O2S. The summed E-state index contributed by atoms with van der Waals surface area (Å²) in [5, 5.41) is 4.53. The van der Waals surface area contributed by atoms with Crippen molar-refractivity contribution in [1.82, 2.24) is 19.4 Å². The molecule has 0 aliphatic rings. The van der Waals surface area contributed by atoms with Crippen LogP contribution in [0.15, 0.2) is 41.3 Å². The third-order valence-corrected chi connectivity index (χ3v) is 3.50. The molecule has 0 fully saturated rings. The Hall–Kier alpha value is -2.74. The van der Waals surface area contributed by atoms with E-state index in [4.69, 9.17) is 12.2 Å². The van der Waals surface area contributed by atoms with Crippen molar-refractivity contribution in [2.75, 3.05) is 5.43 Å². The highest BCUT2D eigenvalue weighted by atomic mass is 32.1. The first-order valence-electron chi connectivity index (χ1n) is 6.69. The van der Waals surface area contributed by atoms with Crippen LogP contribution < -0.4 is 11.0 Å². The molecule has 1 amide bonds. The number of aryl methyl sites for hydroxylation is 1. The van der Waals surface area contributed by atoms with Gasteiger partial charge in [0, 0.05) is 12.7 Å². The van der Waals surface area contributed by atoms with E-state index in [0.29, 0.717) is 17.4 Å². The molecule has 112 valence electrons. The van der Waals surface area contributed by atoms with Crippen molar-refractivity contribution in [1.29, 1.82) is 0 Å². The van der Waals surface area contributed by atoms with Gasteiger partial charge in [0.2, 0.25) is 0 Å². The molecule has 0 saturated carbocycles. The Balaban J connectivity index is 2.02. The zero-order valence-electron chi connectivity index (χ0n) is 11.7. The molecule has 0 aliphatic heterocycles. The number of rotatable bonds is 3. The Morgan fingerprint density at radius 2 is 2.14 bits per heavy atom. The molecule has 2 aromatic heterocycles. The van der Waals surface area contributed by atoms with Gasteiger partial charge in [-0.25, -0.2) is 0 Å². The Labute approximate surface area is 130 Å². The Kier molecular flexibility index (Phi) is 3.60. The van der Waals surface area contributed by atoms with Gasteiger partial charge in [-0.05, 0) is 37.3 Å². The van der Waals surface area contributed by atoms with Crippen molar-refractivity contribution in [3.05, 3.63) is 57.3 Å².